The smallest absolute Gasteiger partial charge is 0.229 e. The molecular formula is C17H21NO2. The molecular weight excluding hydrogens is 250 g/mol. The summed E-state index contributed by atoms with van der Waals surface area (Å²) in [6, 6.07) is 8.16. The van der Waals surface area contributed by atoms with Gasteiger partial charge in [-0.3, -0.25) is 4.79 Å². The highest BCUT2D eigenvalue weighted by atomic mass is 16.3. The first-order valence-corrected chi connectivity index (χ1v) is 7.72. The van der Waals surface area contributed by atoms with Crippen molar-refractivity contribution >= 4 is 5.91 Å². The molecule has 3 aliphatic rings. The number of rotatable bonds is 3. The Labute approximate surface area is 119 Å². The van der Waals surface area contributed by atoms with E-state index in [0.717, 1.165) is 50.3 Å². The lowest BCUT2D eigenvalue weighted by atomic mass is 9.86. The molecule has 1 aliphatic heterocycles. The number of fused-ring (bicyclic) bond motifs is 1. The molecule has 2 saturated carbocycles. The second kappa shape index (κ2) is 4.32. The Morgan fingerprint density at radius 1 is 1.25 bits per heavy atom. The van der Waals surface area contributed by atoms with E-state index in [9.17, 15) is 9.90 Å². The number of aliphatic hydroxyl groups is 1. The lowest BCUT2D eigenvalue weighted by Crippen LogP contribution is -2.40. The van der Waals surface area contributed by atoms with Crippen molar-refractivity contribution in [2.75, 3.05) is 13.1 Å². The van der Waals surface area contributed by atoms with E-state index in [1.165, 1.54) is 5.56 Å². The zero-order chi connectivity index (χ0) is 13.7. The maximum Gasteiger partial charge on any atom is 0.229 e. The van der Waals surface area contributed by atoms with Crippen LogP contribution in [0.3, 0.4) is 0 Å². The highest BCUT2D eigenvalue weighted by molar-refractivity contribution is 5.90. The molecule has 0 aromatic heterocycles. The number of aliphatic hydroxyl groups excluding tert-OH is 1. The van der Waals surface area contributed by atoms with Crippen LogP contribution in [0, 0.1) is 11.3 Å². The van der Waals surface area contributed by atoms with Crippen LogP contribution < -0.4 is 0 Å². The Bertz CT molecular complexity index is 540. The molecule has 3 nitrogen and oxygen atoms in total. The van der Waals surface area contributed by atoms with Gasteiger partial charge in [0.25, 0.3) is 0 Å². The summed E-state index contributed by atoms with van der Waals surface area (Å²) in [5.74, 6) is 1.66. The van der Waals surface area contributed by atoms with Crippen LogP contribution in [0.1, 0.15) is 42.7 Å². The second-order valence-corrected chi connectivity index (χ2v) is 6.68. The first-order chi connectivity index (χ1) is 9.74. The van der Waals surface area contributed by atoms with Crippen molar-refractivity contribution in [2.45, 2.75) is 38.2 Å². The third kappa shape index (κ3) is 1.80. The van der Waals surface area contributed by atoms with Gasteiger partial charge in [-0.05, 0) is 48.6 Å². The quantitative estimate of drug-likeness (QED) is 0.916. The van der Waals surface area contributed by atoms with Crippen molar-refractivity contribution in [3.63, 3.8) is 0 Å². The van der Waals surface area contributed by atoms with Gasteiger partial charge in [0.05, 0.1) is 12.0 Å². The monoisotopic (exact) mass is 271 g/mol. The molecule has 1 saturated heterocycles. The van der Waals surface area contributed by atoms with Crippen LogP contribution in [-0.4, -0.2) is 29.0 Å². The largest absolute Gasteiger partial charge is 0.392 e. The molecule has 0 bridgehead atoms. The minimum absolute atomic E-state index is 0.111. The molecule has 20 heavy (non-hydrogen) atoms. The summed E-state index contributed by atoms with van der Waals surface area (Å²) in [5, 5.41) is 9.45. The lowest BCUT2D eigenvalue weighted by molar-refractivity contribution is -0.135. The van der Waals surface area contributed by atoms with E-state index in [1.54, 1.807) is 0 Å². The van der Waals surface area contributed by atoms with Gasteiger partial charge in [0, 0.05) is 13.1 Å². The summed E-state index contributed by atoms with van der Waals surface area (Å²) in [5.41, 5.74) is 2.44. The van der Waals surface area contributed by atoms with Gasteiger partial charge in [-0.25, -0.2) is 0 Å². The third-order valence-electron chi connectivity index (χ3n) is 5.56. The summed E-state index contributed by atoms with van der Waals surface area (Å²) < 4.78 is 0. The van der Waals surface area contributed by atoms with Crippen molar-refractivity contribution < 1.29 is 9.90 Å². The van der Waals surface area contributed by atoms with E-state index in [4.69, 9.17) is 0 Å². The van der Waals surface area contributed by atoms with Crippen LogP contribution in [0.25, 0.3) is 0 Å². The summed E-state index contributed by atoms with van der Waals surface area (Å²) in [6.07, 6.45) is 4.37. The van der Waals surface area contributed by atoms with E-state index < -0.39 is 0 Å². The molecule has 1 aromatic rings. The maximum atomic E-state index is 12.4. The molecule has 1 heterocycles. The minimum atomic E-state index is 0.111. The predicted molar refractivity (Wildman–Crippen MR) is 76.1 cm³/mol. The van der Waals surface area contributed by atoms with E-state index in [0.29, 0.717) is 11.8 Å². The fourth-order valence-electron chi connectivity index (χ4n) is 3.84. The average Bonchev–Trinajstić information content (AvgIpc) is 3.36. The first kappa shape index (κ1) is 12.4. The second-order valence-electron chi connectivity index (χ2n) is 6.68. The van der Waals surface area contributed by atoms with Gasteiger partial charge in [-0.2, -0.15) is 0 Å². The molecule has 1 aromatic carbocycles. The Hall–Kier alpha value is -1.35. The minimum Gasteiger partial charge on any atom is -0.392 e. The molecule has 0 radical (unpaired) electrons. The molecule has 0 unspecified atom stereocenters. The van der Waals surface area contributed by atoms with E-state index >= 15 is 0 Å². The van der Waals surface area contributed by atoms with Crippen LogP contribution in [0.15, 0.2) is 24.3 Å². The molecule has 1 N–H and O–H groups in total. The first-order valence-electron chi connectivity index (χ1n) is 7.72. The van der Waals surface area contributed by atoms with Gasteiger partial charge in [-0.1, -0.05) is 24.3 Å². The van der Waals surface area contributed by atoms with Crippen LogP contribution >= 0.6 is 0 Å². The number of carbonyl (C=O) groups is 1. The summed E-state index contributed by atoms with van der Waals surface area (Å²) >= 11 is 0. The number of benzene rings is 1. The normalized spacial score (nSPS) is 31.9. The molecule has 106 valence electrons. The Kier molecular flexibility index (Phi) is 2.68. The Morgan fingerprint density at radius 3 is 2.50 bits per heavy atom. The van der Waals surface area contributed by atoms with E-state index in [1.807, 2.05) is 18.2 Å². The highest BCUT2D eigenvalue weighted by Gasteiger charge is 2.75. The van der Waals surface area contributed by atoms with Gasteiger partial charge >= 0.3 is 0 Å². The summed E-state index contributed by atoms with van der Waals surface area (Å²) in [7, 11) is 0. The van der Waals surface area contributed by atoms with Crippen molar-refractivity contribution in [1.29, 1.82) is 0 Å². The van der Waals surface area contributed by atoms with Gasteiger partial charge < -0.3 is 10.0 Å². The molecule has 3 heteroatoms. The molecule has 4 rings (SSSR count). The highest BCUT2D eigenvalue weighted by Crippen LogP contribution is 2.76. The molecule has 0 atom stereocenters. The predicted octanol–water partition coefficient (Wildman–Crippen LogP) is 2.29. The zero-order valence-electron chi connectivity index (χ0n) is 11.7. The lowest BCUT2D eigenvalue weighted by Gasteiger charge is -2.33. The van der Waals surface area contributed by atoms with Crippen molar-refractivity contribution in [3.8, 4) is 0 Å². The average molecular weight is 271 g/mol. The molecule has 3 fully saturated rings. The number of hydrogen-bond acceptors (Lipinski definition) is 2. The standard InChI is InChI=1S/C17H21NO2/c19-11-13-3-1-2-4-15(13)12-5-7-18(8-6-12)16(20)17-9-14(17)10-17/h1-4,12,14,19H,5-11H2. The van der Waals surface area contributed by atoms with Crippen LogP contribution in [-0.2, 0) is 11.4 Å². The number of hydrogen-bond donors (Lipinski definition) is 1. The topological polar surface area (TPSA) is 40.5 Å². The van der Waals surface area contributed by atoms with Crippen molar-refractivity contribution in [2.24, 2.45) is 11.3 Å². The fourth-order valence-corrected chi connectivity index (χ4v) is 3.84. The third-order valence-corrected chi connectivity index (χ3v) is 5.56. The van der Waals surface area contributed by atoms with E-state index in [-0.39, 0.29) is 12.0 Å². The number of piperidine rings is 1. The Balaban J connectivity index is 1.43. The zero-order valence-corrected chi connectivity index (χ0v) is 11.7. The molecule has 1 amide bonds. The van der Waals surface area contributed by atoms with Crippen LogP contribution in [0.5, 0.6) is 0 Å². The van der Waals surface area contributed by atoms with Crippen molar-refractivity contribution in [3.05, 3.63) is 35.4 Å². The molecule has 2 aliphatic carbocycles. The number of nitrogens with zero attached hydrogens (tertiary/aromatic N) is 1. The fraction of sp³-hybridized carbons (Fsp3) is 0.588. The number of likely N-dealkylation sites (tertiary alicyclic amines) is 1. The van der Waals surface area contributed by atoms with Gasteiger partial charge in [0.2, 0.25) is 5.91 Å². The van der Waals surface area contributed by atoms with Gasteiger partial charge in [0.1, 0.15) is 0 Å². The molecule has 0 spiro atoms. The summed E-state index contributed by atoms with van der Waals surface area (Å²) in [6.45, 7) is 1.88. The van der Waals surface area contributed by atoms with E-state index in [2.05, 4.69) is 11.0 Å². The summed E-state index contributed by atoms with van der Waals surface area (Å²) in [4.78, 5) is 14.5. The van der Waals surface area contributed by atoms with Crippen LogP contribution in [0.4, 0.5) is 0 Å². The van der Waals surface area contributed by atoms with Gasteiger partial charge in [0.15, 0.2) is 0 Å². The number of amides is 1. The Morgan fingerprint density at radius 2 is 1.90 bits per heavy atom. The van der Waals surface area contributed by atoms with Gasteiger partial charge in [-0.15, -0.1) is 0 Å². The van der Waals surface area contributed by atoms with Crippen molar-refractivity contribution in [1.82, 2.24) is 4.90 Å². The number of carbonyl (C=O) groups excluding carboxylic acids is 1. The maximum absolute atomic E-state index is 12.4. The van der Waals surface area contributed by atoms with Crippen LogP contribution in [0.2, 0.25) is 0 Å². The SMILES string of the molecule is O=C(N1CCC(c2ccccc2CO)CC1)C12CC1C2.